The normalized spacial score (nSPS) is 11.0. The maximum Gasteiger partial charge on any atom is 0.261 e. The molecule has 144 valence electrons. The van der Waals surface area contributed by atoms with Crippen molar-refractivity contribution in [2.75, 3.05) is 10.0 Å². The van der Waals surface area contributed by atoms with Gasteiger partial charge in [0.2, 0.25) is 5.91 Å². The zero-order chi connectivity index (χ0) is 20.0. The van der Waals surface area contributed by atoms with Crippen LogP contribution in [0.1, 0.15) is 12.0 Å². The number of para-hydroxylation sites is 1. The minimum atomic E-state index is -3.70. The SMILES string of the molecule is O=C(CCc1ccccc1O)Nc1cccc(NS(=O)(=O)c2ccccc2)c1. The number of hydrogen-bond acceptors (Lipinski definition) is 4. The van der Waals surface area contributed by atoms with Gasteiger partial charge in [0, 0.05) is 12.1 Å². The van der Waals surface area contributed by atoms with Crippen LogP contribution in [-0.4, -0.2) is 19.4 Å². The molecule has 28 heavy (non-hydrogen) atoms. The summed E-state index contributed by atoms with van der Waals surface area (Å²) in [7, 11) is -3.70. The first-order valence-electron chi connectivity index (χ1n) is 8.69. The quantitative estimate of drug-likeness (QED) is 0.567. The predicted molar refractivity (Wildman–Crippen MR) is 109 cm³/mol. The van der Waals surface area contributed by atoms with Crippen LogP contribution < -0.4 is 10.0 Å². The van der Waals surface area contributed by atoms with Gasteiger partial charge in [0.25, 0.3) is 10.0 Å². The van der Waals surface area contributed by atoms with Crippen molar-refractivity contribution in [2.45, 2.75) is 17.7 Å². The van der Waals surface area contributed by atoms with Gasteiger partial charge in [-0.15, -0.1) is 0 Å². The van der Waals surface area contributed by atoms with Crippen LogP contribution in [0.15, 0.2) is 83.8 Å². The Kier molecular flexibility index (Phi) is 5.96. The molecule has 1 amide bonds. The summed E-state index contributed by atoms with van der Waals surface area (Å²) < 4.78 is 27.3. The molecule has 6 nitrogen and oxygen atoms in total. The molecule has 3 N–H and O–H groups in total. The molecule has 0 heterocycles. The number of aromatic hydroxyl groups is 1. The van der Waals surface area contributed by atoms with E-state index in [0.717, 1.165) is 0 Å². The van der Waals surface area contributed by atoms with E-state index in [1.807, 2.05) is 0 Å². The van der Waals surface area contributed by atoms with E-state index in [0.29, 0.717) is 23.4 Å². The number of phenols is 1. The van der Waals surface area contributed by atoms with Crippen molar-refractivity contribution in [3.8, 4) is 5.75 Å². The van der Waals surface area contributed by atoms with E-state index in [4.69, 9.17) is 0 Å². The average molecular weight is 396 g/mol. The number of hydrogen-bond donors (Lipinski definition) is 3. The molecule has 0 fully saturated rings. The van der Waals surface area contributed by atoms with E-state index in [1.165, 1.54) is 12.1 Å². The minimum Gasteiger partial charge on any atom is -0.508 e. The monoisotopic (exact) mass is 396 g/mol. The minimum absolute atomic E-state index is 0.159. The van der Waals surface area contributed by atoms with Crippen molar-refractivity contribution in [1.82, 2.24) is 0 Å². The maximum atomic E-state index is 12.4. The predicted octanol–water partition coefficient (Wildman–Crippen LogP) is 3.76. The number of aryl methyl sites for hydroxylation is 1. The van der Waals surface area contributed by atoms with E-state index >= 15 is 0 Å². The summed E-state index contributed by atoms with van der Waals surface area (Å²) in [4.78, 5) is 12.3. The first kappa shape index (κ1) is 19.4. The molecule has 3 aromatic rings. The third kappa shape index (κ3) is 5.11. The highest BCUT2D eigenvalue weighted by atomic mass is 32.2. The Labute approximate surface area is 163 Å². The van der Waals surface area contributed by atoms with Crippen molar-refractivity contribution in [2.24, 2.45) is 0 Å². The third-order valence-electron chi connectivity index (χ3n) is 4.07. The topological polar surface area (TPSA) is 95.5 Å². The zero-order valence-corrected chi connectivity index (χ0v) is 15.8. The number of phenolic OH excluding ortho intramolecular Hbond substituents is 1. The standard InChI is InChI=1S/C21H20N2O4S/c24-20-12-5-4-7-16(20)13-14-21(25)22-17-8-6-9-18(15-17)23-28(26,27)19-10-2-1-3-11-19/h1-12,15,23-24H,13-14H2,(H,22,25). The molecular weight excluding hydrogens is 376 g/mol. The van der Waals surface area contributed by atoms with E-state index in [-0.39, 0.29) is 23.0 Å². The molecule has 0 atom stereocenters. The van der Waals surface area contributed by atoms with E-state index < -0.39 is 10.0 Å². The fourth-order valence-corrected chi connectivity index (χ4v) is 3.74. The molecule has 0 unspecified atom stereocenters. The van der Waals surface area contributed by atoms with Crippen LogP contribution in [0.3, 0.4) is 0 Å². The summed E-state index contributed by atoms with van der Waals surface area (Å²) >= 11 is 0. The number of amides is 1. The Bertz CT molecular complexity index is 1070. The van der Waals surface area contributed by atoms with Crippen molar-refractivity contribution in [1.29, 1.82) is 0 Å². The van der Waals surface area contributed by atoms with Crippen LogP contribution in [0, 0.1) is 0 Å². The molecule has 7 heteroatoms. The van der Waals surface area contributed by atoms with Gasteiger partial charge in [-0.2, -0.15) is 0 Å². The molecule has 3 rings (SSSR count). The van der Waals surface area contributed by atoms with Crippen molar-refractivity contribution in [3.05, 3.63) is 84.4 Å². The molecule has 0 bridgehead atoms. The molecule has 0 aliphatic heterocycles. The molecular formula is C21H20N2O4S. The Morgan fingerprint density at radius 2 is 1.54 bits per heavy atom. The first-order valence-corrected chi connectivity index (χ1v) is 10.2. The fourth-order valence-electron chi connectivity index (χ4n) is 2.67. The highest BCUT2D eigenvalue weighted by Crippen LogP contribution is 2.21. The van der Waals surface area contributed by atoms with Gasteiger partial charge in [0.05, 0.1) is 10.6 Å². The Morgan fingerprint density at radius 3 is 2.29 bits per heavy atom. The van der Waals surface area contributed by atoms with Crippen LogP contribution >= 0.6 is 0 Å². The lowest BCUT2D eigenvalue weighted by Gasteiger charge is -2.10. The van der Waals surface area contributed by atoms with Crippen molar-refractivity contribution < 1.29 is 18.3 Å². The summed E-state index contributed by atoms with van der Waals surface area (Å²) in [5.74, 6) is -0.0704. The van der Waals surface area contributed by atoms with Gasteiger partial charge in [0.15, 0.2) is 0 Å². The lowest BCUT2D eigenvalue weighted by atomic mass is 10.1. The number of rotatable bonds is 7. The summed E-state index contributed by atoms with van der Waals surface area (Å²) in [6, 6.07) is 21.4. The smallest absolute Gasteiger partial charge is 0.261 e. The zero-order valence-electron chi connectivity index (χ0n) is 15.0. The average Bonchev–Trinajstić information content (AvgIpc) is 2.68. The highest BCUT2D eigenvalue weighted by molar-refractivity contribution is 7.92. The second kappa shape index (κ2) is 8.58. The number of sulfonamides is 1. The summed E-state index contributed by atoms with van der Waals surface area (Å²) in [6.45, 7) is 0. The van der Waals surface area contributed by atoms with Gasteiger partial charge in [-0.25, -0.2) is 8.42 Å². The number of carbonyl (C=O) groups is 1. The summed E-state index contributed by atoms with van der Waals surface area (Å²) in [5.41, 5.74) is 1.53. The third-order valence-corrected chi connectivity index (χ3v) is 5.46. The van der Waals surface area contributed by atoms with Gasteiger partial charge < -0.3 is 10.4 Å². The number of nitrogens with one attached hydrogen (secondary N) is 2. The molecule has 0 aromatic heterocycles. The second-order valence-electron chi connectivity index (χ2n) is 6.18. The molecule has 0 aliphatic carbocycles. The lowest BCUT2D eigenvalue weighted by molar-refractivity contribution is -0.116. The lowest BCUT2D eigenvalue weighted by Crippen LogP contribution is -2.14. The molecule has 0 saturated carbocycles. The number of benzene rings is 3. The van der Waals surface area contributed by atoms with Crippen LogP contribution in [0.5, 0.6) is 5.75 Å². The molecule has 0 saturated heterocycles. The molecule has 0 aliphatic rings. The van der Waals surface area contributed by atoms with E-state index in [2.05, 4.69) is 10.0 Å². The van der Waals surface area contributed by atoms with Crippen molar-refractivity contribution >= 4 is 27.3 Å². The van der Waals surface area contributed by atoms with Gasteiger partial charge >= 0.3 is 0 Å². The van der Waals surface area contributed by atoms with Gasteiger partial charge in [-0.3, -0.25) is 9.52 Å². The maximum absolute atomic E-state index is 12.4. The highest BCUT2D eigenvalue weighted by Gasteiger charge is 2.14. The Hall–Kier alpha value is -3.32. The van der Waals surface area contributed by atoms with Crippen LogP contribution in [0.4, 0.5) is 11.4 Å². The largest absolute Gasteiger partial charge is 0.508 e. The Balaban J connectivity index is 1.63. The molecule has 0 spiro atoms. The first-order chi connectivity index (χ1) is 13.4. The van der Waals surface area contributed by atoms with Gasteiger partial charge in [-0.05, 0) is 48.4 Å². The molecule has 3 aromatic carbocycles. The van der Waals surface area contributed by atoms with Gasteiger partial charge in [0.1, 0.15) is 5.75 Å². The Morgan fingerprint density at radius 1 is 0.857 bits per heavy atom. The van der Waals surface area contributed by atoms with Crippen LogP contribution in [0.2, 0.25) is 0 Å². The van der Waals surface area contributed by atoms with E-state index in [1.54, 1.807) is 66.7 Å². The fraction of sp³-hybridized carbons (Fsp3) is 0.0952. The summed E-state index contributed by atoms with van der Waals surface area (Å²) in [5, 5.41) is 12.5. The van der Waals surface area contributed by atoms with Gasteiger partial charge in [-0.1, -0.05) is 42.5 Å². The summed E-state index contributed by atoms with van der Waals surface area (Å²) in [6.07, 6.45) is 0.594. The molecule has 0 radical (unpaired) electrons. The number of anilines is 2. The van der Waals surface area contributed by atoms with Crippen LogP contribution in [-0.2, 0) is 21.2 Å². The van der Waals surface area contributed by atoms with E-state index in [9.17, 15) is 18.3 Å². The van der Waals surface area contributed by atoms with Crippen molar-refractivity contribution in [3.63, 3.8) is 0 Å². The number of carbonyl (C=O) groups excluding carboxylic acids is 1. The second-order valence-corrected chi connectivity index (χ2v) is 7.86. The van der Waals surface area contributed by atoms with Crippen LogP contribution in [0.25, 0.3) is 0 Å².